The van der Waals surface area contributed by atoms with Crippen molar-refractivity contribution in [3.8, 4) is 11.3 Å². The lowest BCUT2D eigenvalue weighted by Crippen LogP contribution is -2.37. The second-order valence-corrected chi connectivity index (χ2v) is 8.35. The van der Waals surface area contributed by atoms with E-state index >= 15 is 0 Å². The number of rotatable bonds is 3. The van der Waals surface area contributed by atoms with Gasteiger partial charge in [0.1, 0.15) is 5.69 Å². The van der Waals surface area contributed by atoms with Crippen molar-refractivity contribution >= 4 is 29.1 Å². The Kier molecular flexibility index (Phi) is 4.41. The number of fused-ring (bicyclic) bond motifs is 1. The molecule has 1 amide bonds. The Labute approximate surface area is 173 Å². The third-order valence-electron chi connectivity index (χ3n) is 5.80. The first kappa shape index (κ1) is 17.8. The number of carbonyl (C=O) groups is 1. The summed E-state index contributed by atoms with van der Waals surface area (Å²) < 4.78 is 0. The fourth-order valence-electron chi connectivity index (χ4n) is 4.56. The van der Waals surface area contributed by atoms with E-state index in [-0.39, 0.29) is 18.0 Å². The zero-order chi connectivity index (χ0) is 19.3. The summed E-state index contributed by atoms with van der Waals surface area (Å²) in [6, 6.07) is 15.4. The summed E-state index contributed by atoms with van der Waals surface area (Å²) in [6.45, 7) is 0. The monoisotopic (exact) mass is 411 g/mol. The van der Waals surface area contributed by atoms with Gasteiger partial charge in [0.15, 0.2) is 0 Å². The molecular formula is C22H19Cl2N3O. The number of benzene rings is 2. The molecule has 28 heavy (non-hydrogen) atoms. The van der Waals surface area contributed by atoms with E-state index in [0.29, 0.717) is 15.7 Å². The minimum Gasteiger partial charge on any atom is -0.323 e. The fraction of sp³-hybridized carbons (Fsp3) is 0.273. The summed E-state index contributed by atoms with van der Waals surface area (Å²) in [6.07, 6.45) is 4.40. The third kappa shape index (κ3) is 2.83. The van der Waals surface area contributed by atoms with E-state index in [4.69, 9.17) is 23.2 Å². The van der Waals surface area contributed by atoms with Gasteiger partial charge in [0.05, 0.1) is 11.7 Å². The van der Waals surface area contributed by atoms with Crippen molar-refractivity contribution in [3.63, 3.8) is 0 Å². The molecule has 0 saturated heterocycles. The van der Waals surface area contributed by atoms with Gasteiger partial charge in [-0.2, -0.15) is 5.10 Å². The Hall–Kier alpha value is -2.30. The second-order valence-electron chi connectivity index (χ2n) is 7.48. The minimum absolute atomic E-state index is 0.0274. The van der Waals surface area contributed by atoms with E-state index < -0.39 is 0 Å². The number of hydrogen-bond donors (Lipinski definition) is 1. The normalized spacial score (nSPS) is 19.4. The van der Waals surface area contributed by atoms with Crippen molar-refractivity contribution < 1.29 is 4.79 Å². The molecule has 2 aromatic carbocycles. The summed E-state index contributed by atoms with van der Waals surface area (Å²) >= 11 is 12.4. The molecule has 0 spiro atoms. The van der Waals surface area contributed by atoms with Gasteiger partial charge in [-0.05, 0) is 42.7 Å². The lowest BCUT2D eigenvalue weighted by atomic mass is 9.95. The van der Waals surface area contributed by atoms with Gasteiger partial charge in [-0.15, -0.1) is 0 Å². The summed E-state index contributed by atoms with van der Waals surface area (Å²) in [5.74, 6) is 0.0274. The van der Waals surface area contributed by atoms with Crippen LogP contribution in [0.2, 0.25) is 10.0 Å². The molecule has 1 aromatic heterocycles. The molecule has 2 heterocycles. The maximum Gasteiger partial charge on any atom is 0.273 e. The topological polar surface area (TPSA) is 49.0 Å². The number of carbonyl (C=O) groups excluding carboxylic acids is 1. The number of nitrogens with one attached hydrogen (secondary N) is 1. The SMILES string of the molecule is O=C1c2[nH]nc(-c3ccc(Cl)cc3)c2C(c2cccc(Cl)c2)N1C1CCCC1. The highest BCUT2D eigenvalue weighted by Gasteiger charge is 2.45. The predicted octanol–water partition coefficient (Wildman–Crippen LogP) is 5.87. The van der Waals surface area contributed by atoms with E-state index in [2.05, 4.69) is 10.2 Å². The van der Waals surface area contributed by atoms with Gasteiger partial charge in [-0.3, -0.25) is 9.89 Å². The largest absolute Gasteiger partial charge is 0.323 e. The highest BCUT2D eigenvalue weighted by atomic mass is 35.5. The van der Waals surface area contributed by atoms with Crippen LogP contribution in [-0.2, 0) is 0 Å². The molecule has 1 unspecified atom stereocenters. The van der Waals surface area contributed by atoms with Crippen molar-refractivity contribution in [2.75, 3.05) is 0 Å². The molecule has 6 heteroatoms. The molecule has 3 aromatic rings. The van der Waals surface area contributed by atoms with Crippen LogP contribution in [0.25, 0.3) is 11.3 Å². The summed E-state index contributed by atoms with van der Waals surface area (Å²) in [7, 11) is 0. The van der Waals surface area contributed by atoms with E-state index in [1.165, 1.54) is 0 Å². The Bertz CT molecular complexity index is 1040. The van der Waals surface area contributed by atoms with Crippen molar-refractivity contribution in [2.45, 2.75) is 37.8 Å². The molecule has 1 aliphatic heterocycles. The van der Waals surface area contributed by atoms with Crippen LogP contribution in [0.4, 0.5) is 0 Å². The Morgan fingerprint density at radius 1 is 1.00 bits per heavy atom. The zero-order valence-electron chi connectivity index (χ0n) is 15.2. The molecule has 1 fully saturated rings. The summed E-state index contributed by atoms with van der Waals surface area (Å²) in [5, 5.41) is 8.85. The highest BCUT2D eigenvalue weighted by molar-refractivity contribution is 6.31. The molecule has 1 N–H and O–H groups in total. The maximum atomic E-state index is 13.4. The van der Waals surface area contributed by atoms with Gasteiger partial charge in [0.2, 0.25) is 0 Å². The van der Waals surface area contributed by atoms with E-state index in [0.717, 1.165) is 48.1 Å². The number of nitrogens with zero attached hydrogens (tertiary/aromatic N) is 2. The molecule has 5 rings (SSSR count). The molecule has 4 nitrogen and oxygen atoms in total. The third-order valence-corrected chi connectivity index (χ3v) is 6.29. The van der Waals surface area contributed by atoms with Crippen LogP contribution in [0, 0.1) is 0 Å². The van der Waals surface area contributed by atoms with E-state index in [9.17, 15) is 4.79 Å². The van der Waals surface area contributed by atoms with Gasteiger partial charge in [-0.25, -0.2) is 0 Å². The first-order valence-electron chi connectivity index (χ1n) is 9.56. The molecule has 142 valence electrons. The maximum absolute atomic E-state index is 13.4. The number of amides is 1. The van der Waals surface area contributed by atoms with Crippen molar-refractivity contribution in [2.24, 2.45) is 0 Å². The average Bonchev–Trinajstić information content (AvgIpc) is 3.40. The van der Waals surface area contributed by atoms with Crippen molar-refractivity contribution in [1.82, 2.24) is 15.1 Å². The lowest BCUT2D eigenvalue weighted by Gasteiger charge is -2.32. The predicted molar refractivity (Wildman–Crippen MR) is 111 cm³/mol. The molecule has 2 aliphatic rings. The molecule has 0 bridgehead atoms. The van der Waals surface area contributed by atoms with Crippen molar-refractivity contribution in [3.05, 3.63) is 75.4 Å². The van der Waals surface area contributed by atoms with E-state index in [1.54, 1.807) is 0 Å². The van der Waals surface area contributed by atoms with Gasteiger partial charge in [-0.1, -0.05) is 60.3 Å². The van der Waals surface area contributed by atoms with Gasteiger partial charge < -0.3 is 4.90 Å². The number of aromatic amines is 1. The summed E-state index contributed by atoms with van der Waals surface area (Å²) in [4.78, 5) is 15.4. The Morgan fingerprint density at radius 2 is 1.75 bits per heavy atom. The van der Waals surface area contributed by atoms with Gasteiger partial charge >= 0.3 is 0 Å². The van der Waals surface area contributed by atoms with Crippen LogP contribution in [-0.4, -0.2) is 27.0 Å². The van der Waals surface area contributed by atoms with Crippen LogP contribution in [0.5, 0.6) is 0 Å². The Morgan fingerprint density at radius 3 is 2.46 bits per heavy atom. The zero-order valence-corrected chi connectivity index (χ0v) is 16.7. The average molecular weight is 412 g/mol. The van der Waals surface area contributed by atoms with Crippen LogP contribution in [0.15, 0.2) is 48.5 Å². The van der Waals surface area contributed by atoms with Crippen LogP contribution in [0.3, 0.4) is 0 Å². The Balaban J connectivity index is 1.68. The van der Waals surface area contributed by atoms with Gasteiger partial charge in [0, 0.05) is 27.2 Å². The highest BCUT2D eigenvalue weighted by Crippen LogP contribution is 2.46. The second kappa shape index (κ2) is 6.94. The molecule has 1 saturated carbocycles. The number of halogens is 2. The van der Waals surface area contributed by atoms with Crippen LogP contribution >= 0.6 is 23.2 Å². The fourth-order valence-corrected chi connectivity index (χ4v) is 4.88. The lowest BCUT2D eigenvalue weighted by molar-refractivity contribution is 0.0660. The minimum atomic E-state index is -0.186. The number of hydrogen-bond acceptors (Lipinski definition) is 2. The molecule has 1 atom stereocenters. The van der Waals surface area contributed by atoms with Crippen molar-refractivity contribution in [1.29, 1.82) is 0 Å². The molecule has 0 radical (unpaired) electrons. The van der Waals surface area contributed by atoms with Crippen LogP contribution in [0.1, 0.15) is 53.3 Å². The molecule has 1 aliphatic carbocycles. The first-order valence-corrected chi connectivity index (χ1v) is 10.3. The summed E-state index contributed by atoms with van der Waals surface area (Å²) in [5.41, 5.74) is 4.27. The van der Waals surface area contributed by atoms with Crippen LogP contribution < -0.4 is 0 Å². The quantitative estimate of drug-likeness (QED) is 0.585. The van der Waals surface area contributed by atoms with E-state index in [1.807, 2.05) is 53.4 Å². The standard InChI is InChI=1S/C22H19Cl2N3O/c23-15-10-8-13(9-11-15)19-18-20(26-25-19)22(28)27(17-6-1-2-7-17)21(18)14-4-3-5-16(24)12-14/h3-5,8-12,17,21H,1-2,6-7H2,(H,25,26). The molecular weight excluding hydrogens is 393 g/mol. The first-order chi connectivity index (χ1) is 13.6. The number of H-pyrrole nitrogens is 1. The number of aromatic nitrogens is 2. The van der Waals surface area contributed by atoms with Gasteiger partial charge in [0.25, 0.3) is 5.91 Å². The smallest absolute Gasteiger partial charge is 0.273 e.